The molecule has 0 aliphatic rings. The van der Waals surface area contributed by atoms with E-state index in [1.54, 1.807) is 0 Å². The predicted octanol–water partition coefficient (Wildman–Crippen LogP) is 1.83. The third-order valence-corrected chi connectivity index (χ3v) is 2.56. The molecule has 1 heterocycles. The van der Waals surface area contributed by atoms with Gasteiger partial charge in [0, 0.05) is 26.7 Å². The molecule has 1 aromatic rings. The molecule has 0 unspecified atom stereocenters. The van der Waals surface area contributed by atoms with E-state index in [-0.39, 0.29) is 0 Å². The van der Waals surface area contributed by atoms with E-state index in [9.17, 15) is 0 Å². The number of anilines is 3. The van der Waals surface area contributed by atoms with Crippen LogP contribution in [0.25, 0.3) is 0 Å². The molecular formula is C12H24N6. The summed E-state index contributed by atoms with van der Waals surface area (Å²) in [5, 5.41) is 6.20. The Morgan fingerprint density at radius 1 is 1.06 bits per heavy atom. The van der Waals surface area contributed by atoms with Gasteiger partial charge in [-0.1, -0.05) is 13.8 Å². The van der Waals surface area contributed by atoms with E-state index < -0.39 is 0 Å². The van der Waals surface area contributed by atoms with Crippen molar-refractivity contribution in [3.63, 3.8) is 0 Å². The van der Waals surface area contributed by atoms with E-state index in [0.29, 0.717) is 23.8 Å². The number of aromatic nitrogens is 3. The van der Waals surface area contributed by atoms with Crippen LogP contribution in [0, 0.1) is 5.92 Å². The quantitative estimate of drug-likeness (QED) is 0.772. The Morgan fingerprint density at radius 2 is 1.67 bits per heavy atom. The molecule has 0 amide bonds. The standard InChI is InChI=1S/C12H24N6/c1-6-18(7-2)12-16-10(13-5)15-11(17-12)14-8-9(3)4/h9H,6-8H2,1-5H3,(H2,13,14,15,16,17). The molecule has 0 aliphatic heterocycles. The Balaban J connectivity index is 2.93. The lowest BCUT2D eigenvalue weighted by molar-refractivity contribution is 0.683. The summed E-state index contributed by atoms with van der Waals surface area (Å²) in [5.41, 5.74) is 0. The fourth-order valence-corrected chi connectivity index (χ4v) is 1.50. The summed E-state index contributed by atoms with van der Waals surface area (Å²) in [7, 11) is 1.81. The maximum atomic E-state index is 4.45. The Bertz CT molecular complexity index is 362. The van der Waals surface area contributed by atoms with Crippen LogP contribution in [0.15, 0.2) is 0 Å². The first-order valence-electron chi connectivity index (χ1n) is 6.53. The van der Waals surface area contributed by atoms with Crippen molar-refractivity contribution in [1.29, 1.82) is 0 Å². The van der Waals surface area contributed by atoms with Gasteiger partial charge in [0.1, 0.15) is 0 Å². The van der Waals surface area contributed by atoms with Gasteiger partial charge >= 0.3 is 0 Å². The minimum atomic E-state index is 0.553. The van der Waals surface area contributed by atoms with Crippen molar-refractivity contribution in [2.45, 2.75) is 27.7 Å². The van der Waals surface area contributed by atoms with Crippen LogP contribution in [0.4, 0.5) is 17.8 Å². The van der Waals surface area contributed by atoms with Crippen LogP contribution in [-0.2, 0) is 0 Å². The van der Waals surface area contributed by atoms with E-state index >= 15 is 0 Å². The third-order valence-electron chi connectivity index (χ3n) is 2.56. The molecule has 102 valence electrons. The molecule has 6 nitrogen and oxygen atoms in total. The molecule has 1 aromatic heterocycles. The van der Waals surface area contributed by atoms with Crippen molar-refractivity contribution in [2.75, 3.05) is 42.2 Å². The van der Waals surface area contributed by atoms with Crippen LogP contribution in [0.3, 0.4) is 0 Å². The maximum Gasteiger partial charge on any atom is 0.231 e. The lowest BCUT2D eigenvalue weighted by atomic mass is 10.2. The monoisotopic (exact) mass is 252 g/mol. The topological polar surface area (TPSA) is 66.0 Å². The highest BCUT2D eigenvalue weighted by Crippen LogP contribution is 2.13. The van der Waals surface area contributed by atoms with E-state index in [1.807, 2.05) is 7.05 Å². The summed E-state index contributed by atoms with van der Waals surface area (Å²) in [6.45, 7) is 11.1. The SMILES string of the molecule is CCN(CC)c1nc(NC)nc(NCC(C)C)n1. The smallest absolute Gasteiger partial charge is 0.231 e. The van der Waals surface area contributed by atoms with Gasteiger partial charge in [0.05, 0.1) is 0 Å². The Labute approximate surface area is 109 Å². The largest absolute Gasteiger partial charge is 0.357 e. The highest BCUT2D eigenvalue weighted by Gasteiger charge is 2.10. The molecular weight excluding hydrogens is 228 g/mol. The first kappa shape index (κ1) is 14.5. The summed E-state index contributed by atoms with van der Waals surface area (Å²) in [6.07, 6.45) is 0. The molecule has 0 aromatic carbocycles. The Hall–Kier alpha value is -1.59. The summed E-state index contributed by atoms with van der Waals surface area (Å²) < 4.78 is 0. The average molecular weight is 252 g/mol. The summed E-state index contributed by atoms with van der Waals surface area (Å²) in [6, 6.07) is 0. The molecule has 1 rings (SSSR count). The normalized spacial score (nSPS) is 10.6. The second-order valence-corrected chi connectivity index (χ2v) is 4.48. The van der Waals surface area contributed by atoms with Crippen LogP contribution in [0.1, 0.15) is 27.7 Å². The van der Waals surface area contributed by atoms with Gasteiger partial charge in [-0.15, -0.1) is 0 Å². The molecule has 0 saturated carbocycles. The van der Waals surface area contributed by atoms with Crippen molar-refractivity contribution in [1.82, 2.24) is 15.0 Å². The molecule has 0 fully saturated rings. The molecule has 0 aliphatic carbocycles. The van der Waals surface area contributed by atoms with Crippen molar-refractivity contribution < 1.29 is 0 Å². The molecule has 6 heteroatoms. The zero-order chi connectivity index (χ0) is 13.5. The van der Waals surface area contributed by atoms with E-state index in [2.05, 4.69) is 58.2 Å². The Kier molecular flexibility index (Phi) is 5.61. The fourth-order valence-electron chi connectivity index (χ4n) is 1.50. The van der Waals surface area contributed by atoms with Gasteiger partial charge in [-0.3, -0.25) is 0 Å². The molecule has 2 N–H and O–H groups in total. The van der Waals surface area contributed by atoms with E-state index in [4.69, 9.17) is 0 Å². The lowest BCUT2D eigenvalue weighted by Crippen LogP contribution is -2.25. The van der Waals surface area contributed by atoms with Crippen LogP contribution in [0.2, 0.25) is 0 Å². The molecule has 0 spiro atoms. The Morgan fingerprint density at radius 3 is 2.17 bits per heavy atom. The highest BCUT2D eigenvalue weighted by atomic mass is 15.3. The first-order valence-corrected chi connectivity index (χ1v) is 6.53. The van der Waals surface area contributed by atoms with Crippen LogP contribution in [0.5, 0.6) is 0 Å². The van der Waals surface area contributed by atoms with Crippen molar-refractivity contribution >= 4 is 17.8 Å². The molecule has 0 atom stereocenters. The summed E-state index contributed by atoms with van der Waals surface area (Å²) >= 11 is 0. The molecule has 0 bridgehead atoms. The third kappa shape index (κ3) is 4.01. The number of rotatable bonds is 7. The van der Waals surface area contributed by atoms with E-state index in [0.717, 1.165) is 19.6 Å². The number of hydrogen-bond acceptors (Lipinski definition) is 6. The molecule has 0 radical (unpaired) electrons. The lowest BCUT2D eigenvalue weighted by Gasteiger charge is -2.19. The average Bonchev–Trinajstić information content (AvgIpc) is 2.37. The van der Waals surface area contributed by atoms with E-state index in [1.165, 1.54) is 0 Å². The highest BCUT2D eigenvalue weighted by molar-refractivity contribution is 5.43. The van der Waals surface area contributed by atoms with Gasteiger partial charge in [-0.2, -0.15) is 15.0 Å². The van der Waals surface area contributed by atoms with Gasteiger partial charge in [-0.05, 0) is 19.8 Å². The van der Waals surface area contributed by atoms with Gasteiger partial charge < -0.3 is 15.5 Å². The second-order valence-electron chi connectivity index (χ2n) is 4.48. The molecule has 18 heavy (non-hydrogen) atoms. The first-order chi connectivity index (χ1) is 8.60. The summed E-state index contributed by atoms with van der Waals surface area (Å²) in [4.78, 5) is 15.2. The number of nitrogens with one attached hydrogen (secondary N) is 2. The van der Waals surface area contributed by atoms with Gasteiger partial charge in [0.25, 0.3) is 0 Å². The maximum absolute atomic E-state index is 4.45. The van der Waals surface area contributed by atoms with Gasteiger partial charge in [0.2, 0.25) is 17.8 Å². The van der Waals surface area contributed by atoms with Crippen molar-refractivity contribution in [3.8, 4) is 0 Å². The van der Waals surface area contributed by atoms with Gasteiger partial charge in [0.15, 0.2) is 0 Å². The minimum absolute atomic E-state index is 0.553. The van der Waals surface area contributed by atoms with Crippen molar-refractivity contribution in [2.24, 2.45) is 5.92 Å². The second kappa shape index (κ2) is 6.98. The number of nitrogens with zero attached hydrogens (tertiary/aromatic N) is 4. The predicted molar refractivity (Wildman–Crippen MR) is 76.3 cm³/mol. The zero-order valence-electron chi connectivity index (χ0n) is 12.0. The van der Waals surface area contributed by atoms with Crippen molar-refractivity contribution in [3.05, 3.63) is 0 Å². The van der Waals surface area contributed by atoms with Gasteiger partial charge in [-0.25, -0.2) is 0 Å². The minimum Gasteiger partial charge on any atom is -0.357 e. The zero-order valence-corrected chi connectivity index (χ0v) is 12.0. The van der Waals surface area contributed by atoms with Crippen LogP contribution < -0.4 is 15.5 Å². The number of hydrogen-bond donors (Lipinski definition) is 2. The van der Waals surface area contributed by atoms with Crippen LogP contribution in [-0.4, -0.2) is 41.6 Å². The fraction of sp³-hybridized carbons (Fsp3) is 0.750. The summed E-state index contributed by atoms with van der Waals surface area (Å²) in [5.74, 6) is 2.49. The molecule has 0 saturated heterocycles. The van der Waals surface area contributed by atoms with Crippen LogP contribution >= 0.6 is 0 Å².